The minimum atomic E-state index is -1.74. The largest absolute Gasteiger partial charge is 0.493 e. The van der Waals surface area contributed by atoms with Crippen LogP contribution in [0, 0.1) is 6.92 Å². The number of piperazine rings is 1. The molecule has 12 nitrogen and oxygen atoms in total. The van der Waals surface area contributed by atoms with Crippen LogP contribution in [0.3, 0.4) is 0 Å². The third-order valence-corrected chi connectivity index (χ3v) is 16.9. The zero-order valence-electron chi connectivity index (χ0n) is 29.3. The van der Waals surface area contributed by atoms with E-state index in [9.17, 15) is 4.79 Å². The predicted octanol–water partition coefficient (Wildman–Crippen LogP) is 4.34. The molecule has 4 heterocycles. The Bertz CT molecular complexity index is 1560. The summed E-state index contributed by atoms with van der Waals surface area (Å²) in [5.41, 5.74) is 1.18. The van der Waals surface area contributed by atoms with Gasteiger partial charge in [-0.1, -0.05) is 49.5 Å². The van der Waals surface area contributed by atoms with Crippen LogP contribution in [0.2, 0.25) is 38.3 Å². The summed E-state index contributed by atoms with van der Waals surface area (Å²) in [5, 5.41) is 8.86. The molecule has 0 radical (unpaired) electrons. The monoisotopic (exact) mass is 682 g/mol. The minimum Gasteiger partial charge on any atom is -0.493 e. The van der Waals surface area contributed by atoms with Crippen molar-refractivity contribution in [2.24, 2.45) is 0 Å². The summed E-state index contributed by atoms with van der Waals surface area (Å²) < 4.78 is 29.3. The quantitative estimate of drug-likeness (QED) is 0.210. The van der Waals surface area contributed by atoms with E-state index in [2.05, 4.69) is 69.7 Å². The van der Waals surface area contributed by atoms with Crippen LogP contribution in [0.4, 0.5) is 11.6 Å². The molecule has 2 aromatic heterocycles. The van der Waals surface area contributed by atoms with E-state index in [1.807, 2.05) is 6.92 Å². The number of furan rings is 1. The van der Waals surface area contributed by atoms with E-state index in [-0.39, 0.29) is 29.2 Å². The highest BCUT2D eigenvalue weighted by atomic mass is 28.3. The SMILES string of the molecule is COc1nc(NCCCN2CCN(C)CC2)nc(OC)c1NC(=O)c1ccc(Oc2c(C)cc3c(c2OC)[Si](C)(C)CC[Si]3(C)C)o1. The molecule has 0 bridgehead atoms. The van der Waals surface area contributed by atoms with E-state index < -0.39 is 22.1 Å². The number of ether oxygens (including phenoxy) is 4. The normalized spacial score (nSPS) is 17.5. The number of aromatic nitrogens is 2. The second-order valence-corrected chi connectivity index (χ2v) is 23.4. The van der Waals surface area contributed by atoms with Crippen molar-refractivity contribution in [3.05, 3.63) is 29.5 Å². The summed E-state index contributed by atoms with van der Waals surface area (Å²) in [6, 6.07) is 8.00. The van der Waals surface area contributed by atoms with Crippen molar-refractivity contribution in [1.29, 1.82) is 0 Å². The van der Waals surface area contributed by atoms with Gasteiger partial charge < -0.3 is 43.8 Å². The average molecular weight is 683 g/mol. The van der Waals surface area contributed by atoms with Crippen molar-refractivity contribution >= 4 is 44.1 Å². The highest BCUT2D eigenvalue weighted by Gasteiger charge is 2.43. The number of carbonyl (C=O) groups excluding carboxylic acids is 1. The molecule has 14 heteroatoms. The topological polar surface area (TPSA) is 123 Å². The number of amides is 1. The fraction of sp³-hybridized carbons (Fsp3) is 0.545. The zero-order chi connectivity index (χ0) is 33.9. The van der Waals surface area contributed by atoms with E-state index in [1.54, 1.807) is 19.2 Å². The predicted molar refractivity (Wildman–Crippen MR) is 190 cm³/mol. The summed E-state index contributed by atoms with van der Waals surface area (Å²) in [4.78, 5) is 27.1. The standard InChI is InChI=1S/C33H50N6O6Si2/c1-22-21-24-29(47(8,9)20-19-46(24,6)7)28(41-3)27(22)45-25-12-11-23(44-25)30(40)35-26-31(42-4)36-33(37-32(26)43-5)34-13-10-14-39-17-15-38(2)16-18-39/h11-12,21H,10,13-20H2,1-9H3,(H,35,40)(H,34,36,37). The lowest BCUT2D eigenvalue weighted by molar-refractivity contribution is 0.0990. The Kier molecular flexibility index (Phi) is 10.5. The fourth-order valence-electron chi connectivity index (χ4n) is 6.43. The number of nitrogens with one attached hydrogen (secondary N) is 2. The molecule has 256 valence electrons. The second kappa shape index (κ2) is 14.3. The van der Waals surface area contributed by atoms with Gasteiger partial charge in [-0.2, -0.15) is 9.97 Å². The molecule has 1 aromatic carbocycles. The molecule has 47 heavy (non-hydrogen) atoms. The highest BCUT2D eigenvalue weighted by molar-refractivity contribution is 7.03. The second-order valence-electron chi connectivity index (χ2n) is 13.8. The lowest BCUT2D eigenvalue weighted by Crippen LogP contribution is -2.63. The van der Waals surface area contributed by atoms with E-state index in [0.717, 1.165) is 50.5 Å². The van der Waals surface area contributed by atoms with Gasteiger partial charge in [0.2, 0.25) is 17.7 Å². The Morgan fingerprint density at radius 2 is 1.60 bits per heavy atom. The molecule has 0 unspecified atom stereocenters. The Hall–Kier alpha value is -3.60. The summed E-state index contributed by atoms with van der Waals surface area (Å²) >= 11 is 0. The summed E-state index contributed by atoms with van der Waals surface area (Å²) in [6.07, 6.45) is 0.940. The van der Waals surface area contributed by atoms with Crippen LogP contribution >= 0.6 is 0 Å². The zero-order valence-corrected chi connectivity index (χ0v) is 31.3. The lowest BCUT2D eigenvalue weighted by Gasteiger charge is -2.41. The number of likely N-dealkylation sites (N-methyl/N-ethyl adjacent to an activating group) is 1. The van der Waals surface area contributed by atoms with E-state index in [4.69, 9.17) is 23.4 Å². The Labute approximate surface area is 280 Å². The number of aryl methyl sites for hydroxylation is 1. The number of nitrogens with zero attached hydrogens (tertiary/aromatic N) is 4. The van der Waals surface area contributed by atoms with Gasteiger partial charge in [-0.3, -0.25) is 4.79 Å². The number of carbonyl (C=O) groups is 1. The minimum absolute atomic E-state index is 0.0491. The molecule has 2 aliphatic heterocycles. The number of methoxy groups -OCH3 is 3. The molecule has 2 aliphatic rings. The fourth-order valence-corrected chi connectivity index (χ4v) is 17.0. The molecule has 1 saturated heterocycles. The first-order valence-corrected chi connectivity index (χ1v) is 22.7. The van der Waals surface area contributed by atoms with Crippen molar-refractivity contribution in [1.82, 2.24) is 19.8 Å². The molecule has 1 amide bonds. The molecule has 0 atom stereocenters. The van der Waals surface area contributed by atoms with Crippen molar-refractivity contribution in [2.75, 3.05) is 78.3 Å². The maximum Gasteiger partial charge on any atom is 0.291 e. The Morgan fingerprint density at radius 1 is 0.936 bits per heavy atom. The molecule has 5 rings (SSSR count). The van der Waals surface area contributed by atoms with Crippen LogP contribution < -0.4 is 40.0 Å². The van der Waals surface area contributed by atoms with Crippen molar-refractivity contribution in [3.8, 4) is 29.2 Å². The van der Waals surface area contributed by atoms with Crippen molar-refractivity contribution < 1.29 is 28.2 Å². The molecule has 2 N–H and O–H groups in total. The summed E-state index contributed by atoms with van der Waals surface area (Å²) in [5.74, 6) is 1.83. The van der Waals surface area contributed by atoms with Gasteiger partial charge in [0.05, 0.1) is 37.5 Å². The molecule has 0 aliphatic carbocycles. The first kappa shape index (κ1) is 34.7. The van der Waals surface area contributed by atoms with Gasteiger partial charge in [0.15, 0.2) is 22.9 Å². The molecule has 3 aromatic rings. The van der Waals surface area contributed by atoms with Crippen LogP contribution in [0.15, 0.2) is 22.6 Å². The average Bonchev–Trinajstić information content (AvgIpc) is 3.52. The molecular weight excluding hydrogens is 633 g/mol. The highest BCUT2D eigenvalue weighted by Crippen LogP contribution is 2.39. The molecule has 1 fully saturated rings. The van der Waals surface area contributed by atoms with Gasteiger partial charge in [0, 0.05) is 38.8 Å². The number of fused-ring (bicyclic) bond motifs is 1. The van der Waals surface area contributed by atoms with Crippen molar-refractivity contribution in [3.63, 3.8) is 0 Å². The van der Waals surface area contributed by atoms with Crippen molar-refractivity contribution in [2.45, 2.75) is 51.6 Å². The van der Waals surface area contributed by atoms with Crippen LogP contribution in [0.5, 0.6) is 29.2 Å². The third-order valence-electron chi connectivity index (χ3n) is 9.41. The van der Waals surface area contributed by atoms with Gasteiger partial charge in [-0.25, -0.2) is 0 Å². The Balaban J connectivity index is 1.29. The van der Waals surface area contributed by atoms with Gasteiger partial charge in [0.1, 0.15) is 0 Å². The van der Waals surface area contributed by atoms with Gasteiger partial charge >= 0.3 is 0 Å². The maximum atomic E-state index is 13.4. The van der Waals surface area contributed by atoms with Gasteiger partial charge in [-0.15, -0.1) is 0 Å². The van der Waals surface area contributed by atoms with E-state index in [1.165, 1.54) is 36.7 Å². The van der Waals surface area contributed by atoms with E-state index >= 15 is 0 Å². The van der Waals surface area contributed by atoms with Crippen LogP contribution in [0.1, 0.15) is 22.5 Å². The number of anilines is 2. The summed E-state index contributed by atoms with van der Waals surface area (Å²) in [7, 11) is 3.48. The van der Waals surface area contributed by atoms with Crippen LogP contribution in [-0.4, -0.2) is 109 Å². The van der Waals surface area contributed by atoms with E-state index in [0.29, 0.717) is 18.2 Å². The smallest absolute Gasteiger partial charge is 0.291 e. The number of hydrogen-bond donors (Lipinski definition) is 2. The lowest BCUT2D eigenvalue weighted by atomic mass is 10.2. The van der Waals surface area contributed by atoms with Gasteiger partial charge in [0.25, 0.3) is 11.9 Å². The first-order chi connectivity index (χ1) is 22.4. The molecular formula is C33H50N6O6Si2. The number of rotatable bonds is 12. The third kappa shape index (κ3) is 7.61. The van der Waals surface area contributed by atoms with Gasteiger partial charge in [-0.05, 0) is 43.8 Å². The maximum absolute atomic E-state index is 13.4. The number of benzene rings is 1. The van der Waals surface area contributed by atoms with Crippen LogP contribution in [0.25, 0.3) is 0 Å². The first-order valence-electron chi connectivity index (χ1n) is 16.3. The summed E-state index contributed by atoms with van der Waals surface area (Å²) in [6.45, 7) is 17.7. The Morgan fingerprint density at radius 3 is 2.23 bits per heavy atom. The molecule has 0 saturated carbocycles. The number of hydrogen-bond acceptors (Lipinski definition) is 11. The molecule has 0 spiro atoms. The van der Waals surface area contributed by atoms with Crippen LogP contribution in [-0.2, 0) is 0 Å².